The van der Waals surface area contributed by atoms with E-state index in [1.165, 1.54) is 231 Å². The molecule has 0 radical (unpaired) electrons. The summed E-state index contributed by atoms with van der Waals surface area (Å²) in [6.07, 6.45) is 52.6. The maximum atomic E-state index is 12.6. The van der Waals surface area contributed by atoms with E-state index in [1.54, 1.807) is 0 Å². The maximum Gasteiger partial charge on any atom is 0.305 e. The first-order chi connectivity index (χ1) is 27.6. The molecule has 0 saturated carbocycles. The maximum absolute atomic E-state index is 12.6. The molecule has 0 aliphatic rings. The van der Waals surface area contributed by atoms with E-state index in [4.69, 9.17) is 9.47 Å². The van der Waals surface area contributed by atoms with Crippen LogP contribution in [-0.4, -0.2) is 25.2 Å². The van der Waals surface area contributed by atoms with Crippen molar-refractivity contribution in [3.05, 3.63) is 0 Å². The predicted molar refractivity (Wildman–Crippen MR) is 246 cm³/mol. The van der Waals surface area contributed by atoms with Crippen LogP contribution in [-0.2, 0) is 19.1 Å². The van der Waals surface area contributed by atoms with Gasteiger partial charge in [0.15, 0.2) is 0 Å². The molecule has 2 atom stereocenters. The van der Waals surface area contributed by atoms with Crippen molar-refractivity contribution < 1.29 is 19.1 Å². The van der Waals surface area contributed by atoms with Crippen molar-refractivity contribution in [2.24, 2.45) is 11.8 Å². The molecule has 334 valence electrons. The smallest absolute Gasteiger partial charge is 0.305 e. The summed E-state index contributed by atoms with van der Waals surface area (Å²) >= 11 is 0. The summed E-state index contributed by atoms with van der Waals surface area (Å²) in [5, 5.41) is 0. The second-order valence-corrected chi connectivity index (χ2v) is 18.1. The van der Waals surface area contributed by atoms with Gasteiger partial charge in [-0.1, -0.05) is 246 Å². The third-order valence-corrected chi connectivity index (χ3v) is 12.3. The second kappa shape index (κ2) is 46.6. The van der Waals surface area contributed by atoms with Gasteiger partial charge in [-0.05, 0) is 50.4 Å². The molecule has 0 saturated heterocycles. The average molecular weight is 791 g/mol. The average Bonchev–Trinajstić information content (AvgIpc) is 3.20. The highest BCUT2D eigenvalue weighted by atomic mass is 16.5. The van der Waals surface area contributed by atoms with E-state index in [0.29, 0.717) is 37.9 Å². The van der Waals surface area contributed by atoms with Crippen LogP contribution in [0.5, 0.6) is 0 Å². The van der Waals surface area contributed by atoms with E-state index in [-0.39, 0.29) is 11.9 Å². The lowest BCUT2D eigenvalue weighted by Gasteiger charge is -2.17. The lowest BCUT2D eigenvalue weighted by Crippen LogP contribution is -2.14. The normalized spacial score (nSPS) is 12.6. The second-order valence-electron chi connectivity index (χ2n) is 18.1. The quantitative estimate of drug-likeness (QED) is 0.0455. The Balaban J connectivity index is 4.09. The molecule has 0 aromatic rings. The molecule has 2 unspecified atom stereocenters. The SMILES string of the molecule is CCCCCCCCCCC(CCCCCCCC)COC(=O)CCCCCCCCCCC(=O)OCC(CCCCCCCC)CCCCCCCCCC. The summed E-state index contributed by atoms with van der Waals surface area (Å²) in [4.78, 5) is 25.2. The number of esters is 2. The molecule has 0 N–H and O–H groups in total. The first-order valence-electron chi connectivity index (χ1n) is 25.9. The molecule has 0 fully saturated rings. The van der Waals surface area contributed by atoms with E-state index < -0.39 is 0 Å². The van der Waals surface area contributed by atoms with Crippen molar-refractivity contribution in [3.63, 3.8) is 0 Å². The molecule has 4 heteroatoms. The minimum absolute atomic E-state index is 0.0163. The Labute approximate surface area is 352 Å². The predicted octanol–water partition coefficient (Wildman–Crippen LogP) is 17.8. The van der Waals surface area contributed by atoms with Crippen molar-refractivity contribution >= 4 is 11.9 Å². The summed E-state index contributed by atoms with van der Waals surface area (Å²) in [5.41, 5.74) is 0. The molecule has 0 aromatic heterocycles. The largest absolute Gasteiger partial charge is 0.465 e. The fourth-order valence-corrected chi connectivity index (χ4v) is 8.35. The van der Waals surface area contributed by atoms with Gasteiger partial charge in [0.1, 0.15) is 0 Å². The molecule has 4 nitrogen and oxygen atoms in total. The zero-order chi connectivity index (χ0) is 40.8. The van der Waals surface area contributed by atoms with Gasteiger partial charge < -0.3 is 9.47 Å². The van der Waals surface area contributed by atoms with Crippen LogP contribution in [0.15, 0.2) is 0 Å². The van der Waals surface area contributed by atoms with E-state index in [1.807, 2.05) is 0 Å². The zero-order valence-corrected chi connectivity index (χ0v) is 38.9. The summed E-state index contributed by atoms with van der Waals surface area (Å²) in [7, 11) is 0. The monoisotopic (exact) mass is 791 g/mol. The van der Waals surface area contributed by atoms with Gasteiger partial charge in [-0.2, -0.15) is 0 Å². The van der Waals surface area contributed by atoms with Crippen molar-refractivity contribution in [2.75, 3.05) is 13.2 Å². The number of hydrogen-bond acceptors (Lipinski definition) is 4. The summed E-state index contributed by atoms with van der Waals surface area (Å²) < 4.78 is 11.7. The van der Waals surface area contributed by atoms with Gasteiger partial charge in [-0.15, -0.1) is 0 Å². The van der Waals surface area contributed by atoms with E-state index >= 15 is 0 Å². The molecule has 0 rings (SSSR count). The number of ether oxygens (including phenoxy) is 2. The number of carbonyl (C=O) groups excluding carboxylic acids is 2. The summed E-state index contributed by atoms with van der Waals surface area (Å²) in [6.45, 7) is 10.4. The molecule has 0 aromatic carbocycles. The lowest BCUT2D eigenvalue weighted by atomic mass is 9.94. The van der Waals surface area contributed by atoms with E-state index in [9.17, 15) is 9.59 Å². The van der Waals surface area contributed by atoms with Crippen molar-refractivity contribution in [1.29, 1.82) is 0 Å². The van der Waals surface area contributed by atoms with Crippen LogP contribution in [0.1, 0.15) is 297 Å². The van der Waals surface area contributed by atoms with Crippen LogP contribution >= 0.6 is 0 Å². The van der Waals surface area contributed by atoms with Gasteiger partial charge in [-0.3, -0.25) is 9.59 Å². The molecule has 0 aliphatic carbocycles. The van der Waals surface area contributed by atoms with Gasteiger partial charge in [0.25, 0.3) is 0 Å². The highest BCUT2D eigenvalue weighted by Gasteiger charge is 2.14. The molecule has 0 amide bonds. The molecule has 0 aliphatic heterocycles. The molecule has 0 spiro atoms. The standard InChI is InChI=1S/C52H102O4/c1-5-9-13-17-21-25-31-37-43-49(41-35-29-19-15-11-7-3)47-55-51(53)45-39-33-27-23-24-28-34-40-46-52(54)56-48-50(42-36-30-20-16-12-8-4)44-38-32-26-22-18-14-10-6-2/h49-50H,5-48H2,1-4H3. The summed E-state index contributed by atoms with van der Waals surface area (Å²) in [5.74, 6) is 1.12. The minimum atomic E-state index is 0.0163. The van der Waals surface area contributed by atoms with E-state index in [0.717, 1.165) is 25.7 Å². The topological polar surface area (TPSA) is 52.6 Å². The minimum Gasteiger partial charge on any atom is -0.465 e. The molecule has 56 heavy (non-hydrogen) atoms. The first-order valence-corrected chi connectivity index (χ1v) is 25.9. The number of unbranched alkanes of at least 4 members (excludes halogenated alkanes) is 31. The molecule has 0 bridgehead atoms. The number of rotatable bonds is 47. The number of hydrogen-bond donors (Lipinski definition) is 0. The van der Waals surface area contributed by atoms with Crippen molar-refractivity contribution in [3.8, 4) is 0 Å². The van der Waals surface area contributed by atoms with Gasteiger partial charge in [0, 0.05) is 12.8 Å². The van der Waals surface area contributed by atoms with Crippen LogP contribution in [0, 0.1) is 11.8 Å². The van der Waals surface area contributed by atoms with Gasteiger partial charge in [0.05, 0.1) is 13.2 Å². The van der Waals surface area contributed by atoms with Crippen LogP contribution in [0.4, 0.5) is 0 Å². The Kier molecular flexibility index (Phi) is 45.7. The van der Waals surface area contributed by atoms with Crippen LogP contribution < -0.4 is 0 Å². The third kappa shape index (κ3) is 42.5. The van der Waals surface area contributed by atoms with E-state index in [2.05, 4.69) is 27.7 Å². The number of carbonyl (C=O) groups is 2. The Morgan fingerprint density at radius 3 is 0.714 bits per heavy atom. The Bertz CT molecular complexity index is 717. The first kappa shape index (κ1) is 54.9. The van der Waals surface area contributed by atoms with Crippen LogP contribution in [0.3, 0.4) is 0 Å². The third-order valence-electron chi connectivity index (χ3n) is 12.3. The lowest BCUT2D eigenvalue weighted by molar-refractivity contribution is -0.146. The Morgan fingerprint density at radius 2 is 0.482 bits per heavy atom. The van der Waals surface area contributed by atoms with Crippen molar-refractivity contribution in [1.82, 2.24) is 0 Å². The fraction of sp³-hybridized carbons (Fsp3) is 0.962. The summed E-state index contributed by atoms with van der Waals surface area (Å²) in [6, 6.07) is 0. The zero-order valence-electron chi connectivity index (χ0n) is 38.9. The van der Waals surface area contributed by atoms with Gasteiger partial charge >= 0.3 is 11.9 Å². The highest BCUT2D eigenvalue weighted by molar-refractivity contribution is 5.69. The Hall–Kier alpha value is -1.06. The molecular weight excluding hydrogens is 689 g/mol. The Morgan fingerprint density at radius 1 is 0.286 bits per heavy atom. The van der Waals surface area contributed by atoms with Crippen LogP contribution in [0.25, 0.3) is 0 Å². The van der Waals surface area contributed by atoms with Crippen molar-refractivity contribution in [2.45, 2.75) is 297 Å². The van der Waals surface area contributed by atoms with Gasteiger partial charge in [-0.25, -0.2) is 0 Å². The highest BCUT2D eigenvalue weighted by Crippen LogP contribution is 2.22. The molecule has 0 heterocycles. The fourth-order valence-electron chi connectivity index (χ4n) is 8.35. The molecular formula is C52H102O4. The van der Waals surface area contributed by atoms with Gasteiger partial charge in [0.2, 0.25) is 0 Å². The van der Waals surface area contributed by atoms with Crippen LogP contribution in [0.2, 0.25) is 0 Å².